The molecule has 1 unspecified atom stereocenters. The van der Waals surface area contributed by atoms with Gasteiger partial charge in [-0.3, -0.25) is 0 Å². The molecule has 0 fully saturated rings. The maximum absolute atomic E-state index is 8.68. The van der Waals surface area contributed by atoms with Gasteiger partial charge in [0.2, 0.25) is 0 Å². The quantitative estimate of drug-likeness (QED) is 0.699. The maximum atomic E-state index is 8.68. The summed E-state index contributed by atoms with van der Waals surface area (Å²) in [4.78, 5) is 4.10. The van der Waals surface area contributed by atoms with Crippen molar-refractivity contribution < 1.29 is 5.11 Å². The first-order chi connectivity index (χ1) is 5.33. The number of nitrogens with one attached hydrogen (secondary N) is 1. The van der Waals surface area contributed by atoms with Crippen LogP contribution in [0.15, 0.2) is 11.6 Å². The normalized spacial score (nSPS) is 13.3. The monoisotopic (exact) mass is 172 g/mol. The Kier molecular flexibility index (Phi) is 3.48. The number of aliphatic hydroxyl groups is 1. The van der Waals surface area contributed by atoms with Gasteiger partial charge in [-0.15, -0.1) is 11.3 Å². The minimum atomic E-state index is 0.152. The van der Waals surface area contributed by atoms with Gasteiger partial charge in [-0.2, -0.15) is 0 Å². The Hall–Kier alpha value is -0.450. The summed E-state index contributed by atoms with van der Waals surface area (Å²) in [6.45, 7) is 2.86. The molecule has 1 aromatic heterocycles. The first kappa shape index (κ1) is 8.64. The number of thiazole rings is 1. The zero-order chi connectivity index (χ0) is 8.10. The van der Waals surface area contributed by atoms with Crippen molar-refractivity contribution >= 4 is 11.3 Å². The van der Waals surface area contributed by atoms with Crippen LogP contribution in [0.2, 0.25) is 0 Å². The van der Waals surface area contributed by atoms with Gasteiger partial charge in [0.15, 0.2) is 0 Å². The molecule has 0 aliphatic rings. The van der Waals surface area contributed by atoms with E-state index in [1.54, 1.807) is 17.5 Å². The third-order valence-electron chi connectivity index (χ3n) is 1.36. The zero-order valence-corrected chi connectivity index (χ0v) is 7.27. The van der Waals surface area contributed by atoms with Gasteiger partial charge in [0.25, 0.3) is 0 Å². The smallest absolute Gasteiger partial charge is 0.106 e. The fraction of sp³-hybridized carbons (Fsp3) is 0.571. The number of hydrogen-bond donors (Lipinski definition) is 2. The van der Waals surface area contributed by atoms with E-state index in [9.17, 15) is 0 Å². The molecule has 0 saturated heterocycles. The van der Waals surface area contributed by atoms with Gasteiger partial charge in [-0.05, 0) is 6.92 Å². The predicted molar refractivity (Wildman–Crippen MR) is 45.5 cm³/mol. The summed E-state index contributed by atoms with van der Waals surface area (Å²) < 4.78 is 0. The van der Waals surface area contributed by atoms with E-state index in [4.69, 9.17) is 5.11 Å². The predicted octanol–water partition coefficient (Wildman–Crippen LogP) is 0.613. The minimum absolute atomic E-state index is 0.152. The van der Waals surface area contributed by atoms with Gasteiger partial charge in [0, 0.05) is 24.2 Å². The molecule has 0 aromatic carbocycles. The molecule has 0 bridgehead atoms. The highest BCUT2D eigenvalue weighted by atomic mass is 32.1. The molecule has 1 rings (SSSR count). The first-order valence-electron chi connectivity index (χ1n) is 3.55. The lowest BCUT2D eigenvalue weighted by molar-refractivity contribution is 0.251. The van der Waals surface area contributed by atoms with Crippen LogP contribution in [0.3, 0.4) is 0 Å². The van der Waals surface area contributed by atoms with Gasteiger partial charge < -0.3 is 10.4 Å². The molecule has 0 radical (unpaired) electrons. The lowest BCUT2D eigenvalue weighted by atomic mass is 10.4. The van der Waals surface area contributed by atoms with Crippen molar-refractivity contribution in [2.24, 2.45) is 0 Å². The van der Waals surface area contributed by atoms with E-state index in [1.807, 2.05) is 12.3 Å². The van der Waals surface area contributed by atoms with E-state index >= 15 is 0 Å². The average Bonchev–Trinajstić information content (AvgIpc) is 2.52. The van der Waals surface area contributed by atoms with Crippen molar-refractivity contribution in [1.82, 2.24) is 10.3 Å². The van der Waals surface area contributed by atoms with Crippen LogP contribution < -0.4 is 5.32 Å². The highest BCUT2D eigenvalue weighted by Crippen LogP contribution is 2.02. The van der Waals surface area contributed by atoms with E-state index < -0.39 is 0 Å². The summed E-state index contributed by atoms with van der Waals surface area (Å²) in [5.41, 5.74) is 0. The molecule has 0 spiro atoms. The third kappa shape index (κ3) is 2.96. The average molecular weight is 172 g/mol. The summed E-state index contributed by atoms with van der Waals surface area (Å²) in [6, 6.07) is 0.152. The van der Waals surface area contributed by atoms with Gasteiger partial charge in [-0.1, -0.05) is 0 Å². The van der Waals surface area contributed by atoms with Gasteiger partial charge >= 0.3 is 0 Å². The number of nitrogens with zero attached hydrogens (tertiary/aromatic N) is 1. The molecular weight excluding hydrogens is 160 g/mol. The maximum Gasteiger partial charge on any atom is 0.106 e. The van der Waals surface area contributed by atoms with Crippen LogP contribution in [0.25, 0.3) is 0 Å². The van der Waals surface area contributed by atoms with E-state index in [2.05, 4.69) is 10.3 Å². The minimum Gasteiger partial charge on any atom is -0.395 e. The highest BCUT2D eigenvalue weighted by Gasteiger charge is 1.99. The number of rotatable bonds is 4. The lowest BCUT2D eigenvalue weighted by Gasteiger charge is -2.07. The van der Waals surface area contributed by atoms with Crippen LogP contribution in [-0.2, 0) is 6.54 Å². The Labute approximate surface area is 70.1 Å². The molecule has 2 N–H and O–H groups in total. The zero-order valence-electron chi connectivity index (χ0n) is 6.45. The van der Waals surface area contributed by atoms with Crippen molar-refractivity contribution in [3.63, 3.8) is 0 Å². The number of hydrogen-bond acceptors (Lipinski definition) is 4. The van der Waals surface area contributed by atoms with Crippen molar-refractivity contribution in [3.8, 4) is 0 Å². The molecule has 1 heterocycles. The summed E-state index contributed by atoms with van der Waals surface area (Å²) in [5, 5.41) is 14.8. The van der Waals surface area contributed by atoms with E-state index in [-0.39, 0.29) is 12.6 Å². The standard InChI is InChI=1S/C7H12N2OS/c1-6(5-10)9-4-7-8-2-3-11-7/h2-3,6,9-10H,4-5H2,1H3. The summed E-state index contributed by atoms with van der Waals surface area (Å²) in [6.07, 6.45) is 1.78. The van der Waals surface area contributed by atoms with Crippen LogP contribution >= 0.6 is 11.3 Å². The van der Waals surface area contributed by atoms with Crippen LogP contribution in [0.5, 0.6) is 0 Å². The summed E-state index contributed by atoms with van der Waals surface area (Å²) in [7, 11) is 0. The van der Waals surface area contributed by atoms with Crippen LogP contribution in [-0.4, -0.2) is 22.7 Å². The largest absolute Gasteiger partial charge is 0.395 e. The van der Waals surface area contributed by atoms with Gasteiger partial charge in [0.05, 0.1) is 6.61 Å². The van der Waals surface area contributed by atoms with Gasteiger partial charge in [0.1, 0.15) is 5.01 Å². The second-order valence-corrected chi connectivity index (χ2v) is 3.37. The summed E-state index contributed by atoms with van der Waals surface area (Å²) >= 11 is 1.62. The van der Waals surface area contributed by atoms with E-state index in [0.29, 0.717) is 0 Å². The summed E-state index contributed by atoms with van der Waals surface area (Å²) in [5.74, 6) is 0. The molecule has 11 heavy (non-hydrogen) atoms. The highest BCUT2D eigenvalue weighted by molar-refractivity contribution is 7.09. The molecule has 4 heteroatoms. The SMILES string of the molecule is CC(CO)NCc1nccs1. The van der Waals surface area contributed by atoms with Crippen LogP contribution in [0.1, 0.15) is 11.9 Å². The molecule has 0 aliphatic carbocycles. The Morgan fingerprint density at radius 1 is 1.82 bits per heavy atom. The fourth-order valence-electron chi connectivity index (χ4n) is 0.666. The third-order valence-corrected chi connectivity index (χ3v) is 2.14. The Bertz CT molecular complexity index is 188. The van der Waals surface area contributed by atoms with Crippen LogP contribution in [0, 0.1) is 0 Å². The second-order valence-electron chi connectivity index (χ2n) is 2.39. The first-order valence-corrected chi connectivity index (χ1v) is 4.43. The molecule has 1 aromatic rings. The van der Waals surface area contributed by atoms with Crippen molar-refractivity contribution in [3.05, 3.63) is 16.6 Å². The van der Waals surface area contributed by atoms with Crippen molar-refractivity contribution in [2.45, 2.75) is 19.5 Å². The lowest BCUT2D eigenvalue weighted by Crippen LogP contribution is -2.28. The molecular formula is C7H12N2OS. The Morgan fingerprint density at radius 3 is 3.18 bits per heavy atom. The second kappa shape index (κ2) is 4.43. The Balaban J connectivity index is 2.23. The van der Waals surface area contributed by atoms with Crippen molar-refractivity contribution in [2.75, 3.05) is 6.61 Å². The van der Waals surface area contributed by atoms with Crippen LogP contribution in [0.4, 0.5) is 0 Å². The van der Waals surface area contributed by atoms with Gasteiger partial charge in [-0.25, -0.2) is 4.98 Å². The molecule has 3 nitrogen and oxygen atoms in total. The Morgan fingerprint density at radius 2 is 2.64 bits per heavy atom. The van der Waals surface area contributed by atoms with E-state index in [1.165, 1.54) is 0 Å². The topological polar surface area (TPSA) is 45.1 Å². The molecule has 0 saturated carbocycles. The van der Waals surface area contributed by atoms with Crippen molar-refractivity contribution in [1.29, 1.82) is 0 Å². The molecule has 0 amide bonds. The molecule has 1 atom stereocenters. The number of aromatic nitrogens is 1. The number of aliphatic hydroxyl groups excluding tert-OH is 1. The molecule has 0 aliphatic heterocycles. The van der Waals surface area contributed by atoms with E-state index in [0.717, 1.165) is 11.6 Å². The molecule has 62 valence electrons. The fourth-order valence-corrected chi connectivity index (χ4v) is 1.23.